The van der Waals surface area contributed by atoms with Crippen LogP contribution in [0.1, 0.15) is 57.6 Å². The number of carbonyl (C=O) groups excluding carboxylic acids is 1. The van der Waals surface area contributed by atoms with Gasteiger partial charge in [-0.15, -0.1) is 0 Å². The molecule has 2 saturated carbocycles. The minimum atomic E-state index is -0.556. The Bertz CT molecular complexity index is 1020. The van der Waals surface area contributed by atoms with Crippen LogP contribution in [0.3, 0.4) is 0 Å². The molecule has 1 spiro atoms. The highest BCUT2D eigenvalue weighted by molar-refractivity contribution is 5.71. The van der Waals surface area contributed by atoms with Gasteiger partial charge in [-0.1, -0.05) is 6.92 Å². The fourth-order valence-corrected chi connectivity index (χ4v) is 6.62. The molecular formula is C22H25N3O5. The van der Waals surface area contributed by atoms with Gasteiger partial charge in [0, 0.05) is 36.6 Å². The van der Waals surface area contributed by atoms with Gasteiger partial charge in [-0.25, -0.2) is 4.79 Å². The minimum Gasteiger partial charge on any atom is -0.488 e. The summed E-state index contributed by atoms with van der Waals surface area (Å²) >= 11 is 0. The Morgan fingerprint density at radius 1 is 1.47 bits per heavy atom. The molecule has 5 atom stereocenters. The van der Waals surface area contributed by atoms with Gasteiger partial charge in [-0.2, -0.15) is 5.26 Å². The van der Waals surface area contributed by atoms with Crippen LogP contribution in [0, 0.1) is 38.2 Å². The molecule has 1 amide bonds. The predicted octanol–water partition coefficient (Wildman–Crippen LogP) is 3.98. The third-order valence-electron chi connectivity index (χ3n) is 7.67. The topological polar surface area (TPSA) is 106 Å². The zero-order chi connectivity index (χ0) is 21.6. The summed E-state index contributed by atoms with van der Waals surface area (Å²) in [6, 6.07) is 5.20. The van der Waals surface area contributed by atoms with Crippen molar-refractivity contribution < 1.29 is 19.2 Å². The van der Waals surface area contributed by atoms with Crippen molar-refractivity contribution >= 4 is 11.8 Å². The van der Waals surface area contributed by atoms with Crippen LogP contribution in [-0.2, 0) is 4.74 Å². The maximum absolute atomic E-state index is 12.7. The quantitative estimate of drug-likeness (QED) is 0.538. The third kappa shape index (κ3) is 2.13. The van der Waals surface area contributed by atoms with Gasteiger partial charge in [0.1, 0.15) is 23.5 Å². The Hall–Kier alpha value is -2.82. The molecule has 0 radical (unpaired) electrons. The molecule has 1 saturated heterocycles. The summed E-state index contributed by atoms with van der Waals surface area (Å²) in [4.78, 5) is 25.4. The Kier molecular flexibility index (Phi) is 3.61. The highest BCUT2D eigenvalue weighted by Crippen LogP contribution is 2.98. The summed E-state index contributed by atoms with van der Waals surface area (Å²) < 4.78 is 12.0. The minimum absolute atomic E-state index is 0.0143. The van der Waals surface area contributed by atoms with Crippen molar-refractivity contribution in [1.82, 2.24) is 4.90 Å². The van der Waals surface area contributed by atoms with Crippen molar-refractivity contribution in [3.8, 4) is 11.8 Å². The SMILES string of the molecule is CCC12C3c4ccc([N+](=O)[O-])c(C#N)c4O[C@@H]4CCN(C(=O)OC(C)(C)C)CC41C32. The number of rotatable bonds is 2. The van der Waals surface area contributed by atoms with Crippen molar-refractivity contribution in [2.24, 2.45) is 16.7 Å². The van der Waals surface area contributed by atoms with Crippen molar-refractivity contribution in [3.63, 3.8) is 0 Å². The molecule has 0 aromatic heterocycles. The monoisotopic (exact) mass is 411 g/mol. The molecule has 3 aliphatic heterocycles. The van der Waals surface area contributed by atoms with Gasteiger partial charge in [0.15, 0.2) is 5.56 Å². The van der Waals surface area contributed by atoms with E-state index in [-0.39, 0.29) is 40.2 Å². The molecule has 6 rings (SSSR count). The Balaban J connectivity index is 1.52. The number of nitro benzene ring substituents is 1. The number of amides is 1. The highest BCUT2D eigenvalue weighted by Gasteiger charge is 2.97. The number of piperidine rings is 1. The molecule has 0 N–H and O–H groups in total. The van der Waals surface area contributed by atoms with Crippen LogP contribution < -0.4 is 4.74 Å². The normalized spacial score (nSPS) is 34.9. The maximum Gasteiger partial charge on any atom is 0.410 e. The first-order valence-corrected chi connectivity index (χ1v) is 10.5. The van der Waals surface area contributed by atoms with Crippen LogP contribution in [0.15, 0.2) is 12.1 Å². The van der Waals surface area contributed by atoms with Crippen LogP contribution in [0.4, 0.5) is 10.5 Å². The van der Waals surface area contributed by atoms with Crippen molar-refractivity contribution in [2.75, 3.05) is 13.1 Å². The van der Waals surface area contributed by atoms with E-state index < -0.39 is 10.5 Å². The van der Waals surface area contributed by atoms with Crippen LogP contribution in [0.25, 0.3) is 0 Å². The number of nitriles is 1. The smallest absolute Gasteiger partial charge is 0.410 e. The van der Waals surface area contributed by atoms with Crippen molar-refractivity contribution in [1.29, 1.82) is 5.26 Å². The molecule has 8 heteroatoms. The summed E-state index contributed by atoms with van der Waals surface area (Å²) in [5, 5.41) is 21.1. The first-order valence-electron chi connectivity index (χ1n) is 10.5. The number of likely N-dealkylation sites (tertiary alicyclic amines) is 1. The van der Waals surface area contributed by atoms with Gasteiger partial charge in [-0.3, -0.25) is 10.1 Å². The molecule has 4 unspecified atom stereocenters. The second kappa shape index (κ2) is 5.65. The summed E-state index contributed by atoms with van der Waals surface area (Å²) in [7, 11) is 0. The summed E-state index contributed by atoms with van der Waals surface area (Å²) in [5.41, 5.74) is 0.0263. The average molecular weight is 411 g/mol. The van der Waals surface area contributed by atoms with Crippen molar-refractivity contribution in [3.05, 3.63) is 33.4 Å². The van der Waals surface area contributed by atoms with E-state index in [1.54, 1.807) is 11.0 Å². The van der Waals surface area contributed by atoms with Gasteiger partial charge in [0.05, 0.1) is 4.92 Å². The standard InChI is InChI=1S/C22H25N3O5/c1-5-21-16-12-6-7-14(25(27)28)13(10-23)17(12)29-15-8-9-24(11-22(15,21)18(16)21)19(26)30-20(2,3)4/h6-7,15-16,18H,5,8-9,11H2,1-4H3/t15-,16?,18?,21?,22?/m1/s1. The fourth-order valence-electron chi connectivity index (χ4n) is 6.62. The molecular weight excluding hydrogens is 386 g/mol. The summed E-state index contributed by atoms with van der Waals surface area (Å²) in [6.45, 7) is 8.80. The lowest BCUT2D eigenvalue weighted by atomic mass is 9.72. The number of hydrogen-bond acceptors (Lipinski definition) is 6. The maximum atomic E-state index is 12.7. The van der Waals surface area contributed by atoms with E-state index in [9.17, 15) is 20.2 Å². The first kappa shape index (κ1) is 19.2. The Morgan fingerprint density at radius 3 is 2.77 bits per heavy atom. The molecule has 8 nitrogen and oxygen atoms in total. The molecule has 2 bridgehead atoms. The number of ether oxygens (including phenoxy) is 2. The van der Waals surface area contributed by atoms with Gasteiger partial charge >= 0.3 is 6.09 Å². The van der Waals surface area contributed by atoms with E-state index in [4.69, 9.17) is 9.47 Å². The number of carbonyl (C=O) groups is 1. The van der Waals surface area contributed by atoms with Gasteiger partial charge < -0.3 is 14.4 Å². The van der Waals surface area contributed by atoms with E-state index in [0.29, 0.717) is 31.2 Å². The van der Waals surface area contributed by atoms with E-state index in [0.717, 1.165) is 12.0 Å². The van der Waals surface area contributed by atoms with Crippen LogP contribution in [0.5, 0.6) is 5.75 Å². The predicted molar refractivity (Wildman–Crippen MR) is 106 cm³/mol. The zero-order valence-electron chi connectivity index (χ0n) is 17.6. The summed E-state index contributed by atoms with van der Waals surface area (Å²) in [5.74, 6) is 0.987. The number of nitro groups is 1. The van der Waals surface area contributed by atoms with Gasteiger partial charge in [0.25, 0.3) is 5.69 Å². The van der Waals surface area contributed by atoms with Crippen LogP contribution in [0.2, 0.25) is 0 Å². The molecule has 1 aromatic rings. The zero-order valence-corrected chi connectivity index (χ0v) is 17.6. The molecule has 2 aliphatic carbocycles. The summed E-state index contributed by atoms with van der Waals surface area (Å²) in [6.07, 6.45) is 1.10. The number of benzene rings is 1. The molecule has 1 aromatic carbocycles. The number of hydrogen-bond donors (Lipinski definition) is 0. The highest BCUT2D eigenvalue weighted by atomic mass is 16.6. The molecule has 158 valence electrons. The second-order valence-electron chi connectivity index (χ2n) is 9.93. The van der Waals surface area contributed by atoms with E-state index in [1.807, 2.05) is 26.8 Å². The first-order chi connectivity index (χ1) is 14.1. The average Bonchev–Trinajstić information content (AvgIpc) is 3.53. The van der Waals surface area contributed by atoms with Crippen LogP contribution in [-0.4, -0.2) is 40.7 Å². The second-order valence-corrected chi connectivity index (χ2v) is 9.93. The Morgan fingerprint density at radius 2 is 2.20 bits per heavy atom. The van der Waals surface area contributed by atoms with E-state index >= 15 is 0 Å². The van der Waals surface area contributed by atoms with Gasteiger partial charge in [0.2, 0.25) is 0 Å². The lowest BCUT2D eigenvalue weighted by molar-refractivity contribution is -0.385. The molecule has 3 fully saturated rings. The number of nitrogens with zero attached hydrogens (tertiary/aromatic N) is 3. The molecule has 3 heterocycles. The third-order valence-corrected chi connectivity index (χ3v) is 7.67. The molecule has 5 aliphatic rings. The van der Waals surface area contributed by atoms with Crippen molar-refractivity contribution in [2.45, 2.75) is 58.2 Å². The van der Waals surface area contributed by atoms with Gasteiger partial charge in [-0.05, 0) is 50.5 Å². The lowest BCUT2D eigenvalue weighted by Gasteiger charge is -2.44. The largest absolute Gasteiger partial charge is 0.488 e. The fraction of sp³-hybridized carbons (Fsp3) is 0.636. The molecule has 30 heavy (non-hydrogen) atoms. The Labute approximate surface area is 174 Å². The van der Waals surface area contributed by atoms with Crippen LogP contribution >= 0.6 is 0 Å². The van der Waals surface area contributed by atoms with E-state index in [2.05, 4.69) is 6.92 Å². The lowest BCUT2D eigenvalue weighted by Crippen LogP contribution is -2.54. The van der Waals surface area contributed by atoms with E-state index in [1.165, 1.54) is 6.07 Å².